The maximum atomic E-state index is 12.5. The van der Waals surface area contributed by atoms with Crippen molar-refractivity contribution in [3.05, 3.63) is 42.5 Å². The molecule has 2 aromatic carbocycles. The van der Waals surface area contributed by atoms with Gasteiger partial charge in [-0.3, -0.25) is 9.59 Å². The van der Waals surface area contributed by atoms with Gasteiger partial charge in [-0.05, 0) is 24.3 Å². The van der Waals surface area contributed by atoms with Gasteiger partial charge in [-0.1, -0.05) is 36.4 Å². The summed E-state index contributed by atoms with van der Waals surface area (Å²) in [6.07, 6.45) is 1.62. The van der Waals surface area contributed by atoms with Crippen molar-refractivity contribution in [1.82, 2.24) is 10.2 Å². The maximum Gasteiger partial charge on any atom is 0.260 e. The quantitative estimate of drug-likeness (QED) is 0.788. The van der Waals surface area contributed by atoms with Gasteiger partial charge in [0.05, 0.1) is 5.92 Å². The van der Waals surface area contributed by atoms with Gasteiger partial charge in [0.25, 0.3) is 5.91 Å². The summed E-state index contributed by atoms with van der Waals surface area (Å²) < 4.78 is 5.79. The Hall–Kier alpha value is -2.31. The zero-order valence-electron chi connectivity index (χ0n) is 15.2. The van der Waals surface area contributed by atoms with Crippen LogP contribution < -0.4 is 15.8 Å². The number of rotatable bonds is 6. The second-order valence-electron chi connectivity index (χ2n) is 6.52. The molecule has 27 heavy (non-hydrogen) atoms. The van der Waals surface area contributed by atoms with Crippen LogP contribution in [0.4, 0.5) is 0 Å². The van der Waals surface area contributed by atoms with Crippen LogP contribution in [0.1, 0.15) is 12.8 Å². The second kappa shape index (κ2) is 10.1. The monoisotopic (exact) mass is 391 g/mol. The third-order valence-corrected chi connectivity index (χ3v) is 4.69. The van der Waals surface area contributed by atoms with Crippen molar-refractivity contribution in [3.8, 4) is 5.75 Å². The number of nitrogens with two attached hydrogens (primary N) is 1. The van der Waals surface area contributed by atoms with E-state index in [1.165, 1.54) is 0 Å². The number of carbonyl (C=O) groups is 2. The summed E-state index contributed by atoms with van der Waals surface area (Å²) >= 11 is 0. The van der Waals surface area contributed by atoms with Crippen LogP contribution in [-0.2, 0) is 9.59 Å². The highest BCUT2D eigenvalue weighted by Gasteiger charge is 2.28. The average molecular weight is 392 g/mol. The van der Waals surface area contributed by atoms with E-state index in [1.54, 1.807) is 4.90 Å². The van der Waals surface area contributed by atoms with Crippen LogP contribution in [0, 0.1) is 5.92 Å². The van der Waals surface area contributed by atoms with Crippen molar-refractivity contribution in [2.45, 2.75) is 12.8 Å². The SMILES string of the molecule is Cl.NCCNC(=O)C1CCCN(C(=O)COc2cccc3ccccc23)C1. The average Bonchev–Trinajstić information content (AvgIpc) is 2.70. The number of hydrogen-bond donors (Lipinski definition) is 2. The molecule has 1 unspecified atom stereocenters. The van der Waals surface area contributed by atoms with E-state index >= 15 is 0 Å². The van der Waals surface area contributed by atoms with Crippen LogP contribution in [-0.4, -0.2) is 49.5 Å². The van der Waals surface area contributed by atoms with E-state index < -0.39 is 0 Å². The topological polar surface area (TPSA) is 84.7 Å². The molecule has 0 aliphatic carbocycles. The lowest BCUT2D eigenvalue weighted by molar-refractivity contribution is -0.137. The molecule has 0 bridgehead atoms. The molecule has 0 aromatic heterocycles. The largest absolute Gasteiger partial charge is 0.483 e. The fraction of sp³-hybridized carbons (Fsp3) is 0.400. The van der Waals surface area contributed by atoms with Crippen LogP contribution in [0.5, 0.6) is 5.75 Å². The number of carbonyl (C=O) groups excluding carboxylic acids is 2. The van der Waals surface area contributed by atoms with Gasteiger partial charge in [0.2, 0.25) is 5.91 Å². The summed E-state index contributed by atoms with van der Waals surface area (Å²) in [5.41, 5.74) is 5.42. The maximum absolute atomic E-state index is 12.5. The molecule has 6 nitrogen and oxygen atoms in total. The van der Waals surface area contributed by atoms with Crippen molar-refractivity contribution in [1.29, 1.82) is 0 Å². The number of benzene rings is 2. The third-order valence-electron chi connectivity index (χ3n) is 4.69. The summed E-state index contributed by atoms with van der Waals surface area (Å²) in [6, 6.07) is 13.7. The highest BCUT2D eigenvalue weighted by atomic mass is 35.5. The zero-order valence-corrected chi connectivity index (χ0v) is 16.0. The van der Waals surface area contributed by atoms with E-state index in [2.05, 4.69) is 5.32 Å². The molecule has 7 heteroatoms. The molecule has 3 rings (SSSR count). The molecule has 1 heterocycles. The lowest BCUT2D eigenvalue weighted by atomic mass is 9.97. The minimum Gasteiger partial charge on any atom is -0.483 e. The first-order valence-electron chi connectivity index (χ1n) is 9.05. The normalized spacial score (nSPS) is 16.5. The van der Waals surface area contributed by atoms with E-state index in [-0.39, 0.29) is 36.7 Å². The predicted molar refractivity (Wildman–Crippen MR) is 108 cm³/mol. The molecule has 3 N–H and O–H groups in total. The standard InChI is InChI=1S/C20H25N3O3.ClH/c21-10-11-22-20(25)16-7-4-12-23(13-16)19(24)14-26-18-9-3-6-15-5-1-2-8-17(15)18;/h1-3,5-6,8-9,16H,4,7,10-14,21H2,(H,22,25);1H. The van der Waals surface area contributed by atoms with Gasteiger partial charge in [-0.2, -0.15) is 0 Å². The first kappa shape index (κ1) is 21.0. The highest BCUT2D eigenvalue weighted by Crippen LogP contribution is 2.25. The molecule has 2 aromatic rings. The number of halogens is 1. The Morgan fingerprint density at radius 2 is 1.96 bits per heavy atom. The Kier molecular flexibility index (Phi) is 7.88. The molecule has 146 valence electrons. The van der Waals surface area contributed by atoms with Crippen molar-refractivity contribution >= 4 is 35.0 Å². The number of ether oxygens (including phenoxy) is 1. The Labute approximate surface area is 165 Å². The van der Waals surface area contributed by atoms with Crippen LogP contribution in [0.25, 0.3) is 10.8 Å². The van der Waals surface area contributed by atoms with E-state index in [9.17, 15) is 9.59 Å². The number of nitrogens with one attached hydrogen (secondary N) is 1. The molecule has 1 atom stereocenters. The summed E-state index contributed by atoms with van der Waals surface area (Å²) in [6.45, 7) is 1.96. The molecule has 1 aliphatic rings. The van der Waals surface area contributed by atoms with Crippen molar-refractivity contribution in [3.63, 3.8) is 0 Å². The third kappa shape index (κ3) is 5.34. The first-order valence-corrected chi connectivity index (χ1v) is 9.05. The molecule has 0 spiro atoms. The van der Waals surface area contributed by atoms with E-state index in [0.29, 0.717) is 31.9 Å². The Morgan fingerprint density at radius 3 is 2.78 bits per heavy atom. The van der Waals surface area contributed by atoms with E-state index in [4.69, 9.17) is 10.5 Å². The van der Waals surface area contributed by atoms with Gasteiger partial charge in [-0.15, -0.1) is 12.4 Å². The number of piperidine rings is 1. The Morgan fingerprint density at radius 1 is 1.19 bits per heavy atom. The Balaban J connectivity index is 0.00000261. The fourth-order valence-corrected chi connectivity index (χ4v) is 3.31. The second-order valence-corrected chi connectivity index (χ2v) is 6.52. The first-order chi connectivity index (χ1) is 12.7. The molecular formula is C20H26ClN3O3. The minimum absolute atomic E-state index is 0. The predicted octanol–water partition coefficient (Wildman–Crippen LogP) is 1.95. The summed E-state index contributed by atoms with van der Waals surface area (Å²) in [5, 5.41) is 4.87. The van der Waals surface area contributed by atoms with Crippen molar-refractivity contribution in [2.24, 2.45) is 11.7 Å². The molecule has 0 radical (unpaired) electrons. The van der Waals surface area contributed by atoms with E-state index in [0.717, 1.165) is 23.6 Å². The van der Waals surface area contributed by atoms with Crippen molar-refractivity contribution in [2.75, 3.05) is 32.8 Å². The zero-order chi connectivity index (χ0) is 18.4. The number of nitrogens with zero attached hydrogens (tertiary/aromatic N) is 1. The van der Waals surface area contributed by atoms with Gasteiger partial charge < -0.3 is 20.7 Å². The highest BCUT2D eigenvalue weighted by molar-refractivity contribution is 5.89. The van der Waals surface area contributed by atoms with Gasteiger partial charge in [0, 0.05) is 31.6 Å². The molecular weight excluding hydrogens is 366 g/mol. The summed E-state index contributed by atoms with van der Waals surface area (Å²) in [4.78, 5) is 26.4. The number of hydrogen-bond acceptors (Lipinski definition) is 4. The summed E-state index contributed by atoms with van der Waals surface area (Å²) in [7, 11) is 0. The molecule has 2 amide bonds. The number of likely N-dealkylation sites (tertiary alicyclic amines) is 1. The van der Waals surface area contributed by atoms with Crippen LogP contribution >= 0.6 is 12.4 Å². The van der Waals surface area contributed by atoms with Crippen LogP contribution in [0.3, 0.4) is 0 Å². The van der Waals surface area contributed by atoms with Crippen molar-refractivity contribution < 1.29 is 14.3 Å². The molecule has 1 saturated heterocycles. The fourth-order valence-electron chi connectivity index (χ4n) is 3.31. The van der Waals surface area contributed by atoms with Crippen LogP contribution in [0.2, 0.25) is 0 Å². The lowest BCUT2D eigenvalue weighted by Gasteiger charge is -2.32. The smallest absolute Gasteiger partial charge is 0.260 e. The Bertz CT molecular complexity index is 779. The molecule has 1 aliphatic heterocycles. The summed E-state index contributed by atoms with van der Waals surface area (Å²) in [5.74, 6) is 0.416. The van der Waals surface area contributed by atoms with Gasteiger partial charge >= 0.3 is 0 Å². The van der Waals surface area contributed by atoms with E-state index in [1.807, 2.05) is 42.5 Å². The van der Waals surface area contributed by atoms with Crippen LogP contribution in [0.15, 0.2) is 42.5 Å². The molecule has 1 fully saturated rings. The van der Waals surface area contributed by atoms with Gasteiger partial charge in [0.15, 0.2) is 6.61 Å². The number of amides is 2. The minimum atomic E-state index is -0.170. The lowest BCUT2D eigenvalue weighted by Crippen LogP contribution is -2.47. The number of fused-ring (bicyclic) bond motifs is 1. The van der Waals surface area contributed by atoms with Gasteiger partial charge in [0.1, 0.15) is 5.75 Å². The van der Waals surface area contributed by atoms with Gasteiger partial charge in [-0.25, -0.2) is 0 Å². The molecule has 0 saturated carbocycles.